The van der Waals surface area contributed by atoms with E-state index >= 15 is 0 Å². The summed E-state index contributed by atoms with van der Waals surface area (Å²) in [7, 11) is 3.78. The lowest BCUT2D eigenvalue weighted by Crippen LogP contribution is -2.54. The van der Waals surface area contributed by atoms with Crippen molar-refractivity contribution in [1.82, 2.24) is 25.2 Å². The van der Waals surface area contributed by atoms with Crippen molar-refractivity contribution >= 4 is 34.9 Å². The van der Waals surface area contributed by atoms with Crippen LogP contribution < -0.4 is 20.4 Å². The van der Waals surface area contributed by atoms with E-state index in [0.29, 0.717) is 25.6 Å². The van der Waals surface area contributed by atoms with Gasteiger partial charge in [0.1, 0.15) is 11.6 Å². The molecule has 40 heavy (non-hydrogen) atoms. The maximum Gasteiger partial charge on any atom is 0.241 e. The predicted molar refractivity (Wildman–Crippen MR) is 157 cm³/mol. The standard InChI is InChI=1S/C30H38N8O2/c1-29(2)15-24-30(3,19-40-29)23-17-32-28(35-27(23)38(24)25-8-6-7-21(33-25)16-31-4)34-20-9-11-22(12-10-20)37-14-13-36(5)26(39)18-37/h6-12,17,24,31H,13-16,18-19H2,1-5H3,(H,32,34,35)/t24-,30-/m1/s1. The molecule has 0 bridgehead atoms. The zero-order chi connectivity index (χ0) is 28.1. The Balaban J connectivity index is 1.31. The summed E-state index contributed by atoms with van der Waals surface area (Å²) in [6, 6.07) is 14.4. The van der Waals surface area contributed by atoms with Crippen LogP contribution in [0.3, 0.4) is 0 Å². The van der Waals surface area contributed by atoms with E-state index < -0.39 is 0 Å². The third-order valence-corrected chi connectivity index (χ3v) is 8.45. The Labute approximate surface area is 235 Å². The topological polar surface area (TPSA) is 98.8 Å². The molecule has 2 aromatic heterocycles. The largest absolute Gasteiger partial charge is 0.374 e. The fourth-order valence-corrected chi connectivity index (χ4v) is 6.00. The van der Waals surface area contributed by atoms with Gasteiger partial charge in [-0.3, -0.25) is 4.79 Å². The van der Waals surface area contributed by atoms with Crippen LogP contribution in [0.25, 0.3) is 0 Å². The first-order chi connectivity index (χ1) is 19.2. The Hall–Kier alpha value is -3.76. The number of rotatable bonds is 6. The van der Waals surface area contributed by atoms with Gasteiger partial charge in [-0.1, -0.05) is 13.0 Å². The fraction of sp³-hybridized carbons (Fsp3) is 0.467. The van der Waals surface area contributed by atoms with Crippen LogP contribution in [0.5, 0.6) is 0 Å². The summed E-state index contributed by atoms with van der Waals surface area (Å²) in [6.07, 6.45) is 2.79. The monoisotopic (exact) mass is 542 g/mol. The summed E-state index contributed by atoms with van der Waals surface area (Å²) in [5.74, 6) is 2.42. The second kappa shape index (κ2) is 10.0. The molecular weight excluding hydrogens is 504 g/mol. The van der Waals surface area contributed by atoms with Crippen molar-refractivity contribution in [2.45, 2.75) is 50.8 Å². The van der Waals surface area contributed by atoms with E-state index in [-0.39, 0.29) is 23.0 Å². The highest BCUT2D eigenvalue weighted by Gasteiger charge is 2.55. The summed E-state index contributed by atoms with van der Waals surface area (Å²) in [4.78, 5) is 33.1. The highest BCUT2D eigenvalue weighted by atomic mass is 16.5. The number of nitrogens with one attached hydrogen (secondary N) is 2. The van der Waals surface area contributed by atoms with Gasteiger partial charge in [-0.2, -0.15) is 4.98 Å². The zero-order valence-electron chi connectivity index (χ0n) is 23.9. The number of hydrogen-bond donors (Lipinski definition) is 2. The van der Waals surface area contributed by atoms with E-state index in [0.717, 1.165) is 53.8 Å². The molecule has 10 nitrogen and oxygen atoms in total. The first-order valence-corrected chi connectivity index (χ1v) is 13.9. The van der Waals surface area contributed by atoms with Gasteiger partial charge in [-0.15, -0.1) is 0 Å². The van der Waals surface area contributed by atoms with Gasteiger partial charge in [0.05, 0.1) is 30.5 Å². The van der Waals surface area contributed by atoms with Crippen LogP contribution in [-0.2, 0) is 21.5 Å². The molecule has 1 aromatic carbocycles. The lowest BCUT2D eigenvalue weighted by Gasteiger charge is -2.46. The SMILES string of the molecule is CNCc1cccc(N2c3nc(Nc4ccc(N5CCN(C)C(=O)C5)cc4)ncc3[C@@]3(C)COC(C)(C)C[C@@H]23)n1. The number of likely N-dealkylation sites (N-methyl/N-ethyl adjacent to an activating group) is 1. The van der Waals surface area contributed by atoms with Crippen LogP contribution in [0.4, 0.5) is 29.0 Å². The molecule has 10 heteroatoms. The molecule has 0 aliphatic carbocycles. The van der Waals surface area contributed by atoms with Crippen LogP contribution in [0.1, 0.15) is 38.4 Å². The van der Waals surface area contributed by atoms with Gasteiger partial charge < -0.3 is 30.1 Å². The van der Waals surface area contributed by atoms with Gasteiger partial charge in [0, 0.05) is 55.2 Å². The molecule has 2 fully saturated rings. The van der Waals surface area contributed by atoms with Crippen molar-refractivity contribution in [1.29, 1.82) is 0 Å². The molecule has 6 rings (SSSR count). The number of anilines is 5. The van der Waals surface area contributed by atoms with E-state index in [1.54, 1.807) is 4.90 Å². The number of ether oxygens (including phenoxy) is 1. The van der Waals surface area contributed by atoms with Crippen LogP contribution in [-0.4, -0.2) is 77.7 Å². The summed E-state index contributed by atoms with van der Waals surface area (Å²) in [5, 5.41) is 6.59. The van der Waals surface area contributed by atoms with E-state index in [9.17, 15) is 4.79 Å². The van der Waals surface area contributed by atoms with Crippen LogP contribution in [0.2, 0.25) is 0 Å². The van der Waals surface area contributed by atoms with Gasteiger partial charge in [0.25, 0.3) is 0 Å². The molecule has 0 saturated carbocycles. The Morgan fingerprint density at radius 1 is 1.07 bits per heavy atom. The van der Waals surface area contributed by atoms with Crippen molar-refractivity contribution in [3.05, 3.63) is 59.9 Å². The summed E-state index contributed by atoms with van der Waals surface area (Å²) >= 11 is 0. The molecular formula is C30H38N8O2. The Morgan fingerprint density at radius 2 is 1.88 bits per heavy atom. The number of piperazine rings is 1. The number of benzene rings is 1. The normalized spacial score (nSPS) is 23.7. The van der Waals surface area contributed by atoms with Crippen molar-refractivity contribution in [3.63, 3.8) is 0 Å². The molecule has 1 amide bonds. The molecule has 0 spiro atoms. The molecule has 210 valence electrons. The number of pyridine rings is 1. The minimum Gasteiger partial charge on any atom is -0.374 e. The molecule has 3 aliphatic rings. The molecule has 0 radical (unpaired) electrons. The molecule has 3 aliphatic heterocycles. The van der Waals surface area contributed by atoms with Crippen molar-refractivity contribution in [2.24, 2.45) is 0 Å². The average Bonchev–Trinajstić information content (AvgIpc) is 3.18. The highest BCUT2D eigenvalue weighted by Crippen LogP contribution is 2.52. The molecule has 2 atom stereocenters. The lowest BCUT2D eigenvalue weighted by atomic mass is 9.73. The zero-order valence-corrected chi connectivity index (χ0v) is 23.9. The first-order valence-electron chi connectivity index (χ1n) is 13.9. The quantitative estimate of drug-likeness (QED) is 0.484. The van der Waals surface area contributed by atoms with Crippen LogP contribution in [0, 0.1) is 0 Å². The van der Waals surface area contributed by atoms with Gasteiger partial charge in [-0.05, 0) is 63.7 Å². The van der Waals surface area contributed by atoms with Gasteiger partial charge in [0.2, 0.25) is 11.9 Å². The number of nitrogens with zero attached hydrogens (tertiary/aromatic N) is 6. The predicted octanol–water partition coefficient (Wildman–Crippen LogP) is 3.59. The maximum absolute atomic E-state index is 12.1. The third-order valence-electron chi connectivity index (χ3n) is 8.45. The van der Waals surface area contributed by atoms with Crippen LogP contribution in [0.15, 0.2) is 48.7 Å². The number of hydrogen-bond acceptors (Lipinski definition) is 9. The third kappa shape index (κ3) is 4.75. The van der Waals surface area contributed by atoms with Crippen molar-refractivity contribution in [2.75, 3.05) is 55.5 Å². The fourth-order valence-electron chi connectivity index (χ4n) is 6.00. The smallest absolute Gasteiger partial charge is 0.241 e. The number of amides is 1. The second-order valence-electron chi connectivity index (χ2n) is 11.9. The maximum atomic E-state index is 12.1. The number of aromatic nitrogens is 3. The highest BCUT2D eigenvalue weighted by molar-refractivity contribution is 5.82. The van der Waals surface area contributed by atoms with Gasteiger partial charge >= 0.3 is 0 Å². The van der Waals surface area contributed by atoms with Crippen LogP contribution >= 0.6 is 0 Å². The van der Waals surface area contributed by atoms with E-state index in [4.69, 9.17) is 19.7 Å². The summed E-state index contributed by atoms with van der Waals surface area (Å²) in [5.41, 5.74) is 3.46. The van der Waals surface area contributed by atoms with E-state index in [1.807, 2.05) is 50.6 Å². The first kappa shape index (κ1) is 26.5. The molecule has 3 aromatic rings. The summed E-state index contributed by atoms with van der Waals surface area (Å²) in [6.45, 7) is 9.79. The van der Waals surface area contributed by atoms with Gasteiger partial charge in [0.15, 0.2) is 0 Å². The Bertz CT molecular complexity index is 1410. The number of carbonyl (C=O) groups is 1. The lowest BCUT2D eigenvalue weighted by molar-refractivity contribution is -0.129. The van der Waals surface area contributed by atoms with Crippen molar-refractivity contribution in [3.8, 4) is 0 Å². The second-order valence-corrected chi connectivity index (χ2v) is 11.9. The van der Waals surface area contributed by atoms with E-state index in [2.05, 4.69) is 53.3 Å². The number of carbonyl (C=O) groups excluding carboxylic acids is 1. The van der Waals surface area contributed by atoms with E-state index in [1.165, 1.54) is 0 Å². The molecule has 2 N–H and O–H groups in total. The Morgan fingerprint density at radius 3 is 2.62 bits per heavy atom. The average molecular weight is 543 g/mol. The summed E-state index contributed by atoms with van der Waals surface area (Å²) < 4.78 is 6.33. The van der Waals surface area contributed by atoms with Gasteiger partial charge in [-0.25, -0.2) is 9.97 Å². The minimum absolute atomic E-state index is 0.138. The Kier molecular flexibility index (Phi) is 6.62. The molecule has 0 unspecified atom stereocenters. The molecule has 5 heterocycles. The number of fused-ring (bicyclic) bond motifs is 3. The minimum atomic E-state index is -0.258. The molecule has 2 saturated heterocycles. The van der Waals surface area contributed by atoms with Crippen molar-refractivity contribution < 1.29 is 9.53 Å².